The highest BCUT2D eigenvalue weighted by Crippen LogP contribution is 2.18. The number of rotatable bonds is 4. The largest absolute Gasteiger partial charge is 0.494 e. The van der Waals surface area contributed by atoms with Crippen LogP contribution in [0.15, 0.2) is 46.1 Å². The summed E-state index contributed by atoms with van der Waals surface area (Å²) in [5.41, 5.74) is 0.562. The van der Waals surface area contributed by atoms with Crippen LogP contribution in [0.3, 0.4) is 0 Å². The Morgan fingerprint density at radius 2 is 2.32 bits per heavy atom. The van der Waals surface area contributed by atoms with Crippen molar-refractivity contribution in [2.45, 2.75) is 0 Å². The number of methoxy groups -OCH3 is 1. The van der Waals surface area contributed by atoms with Crippen LogP contribution in [0.5, 0.6) is 5.75 Å². The molecule has 0 radical (unpaired) electrons. The Hall–Kier alpha value is -2.74. The van der Waals surface area contributed by atoms with Crippen molar-refractivity contribution in [2.75, 3.05) is 7.11 Å². The third-order valence-electron chi connectivity index (χ3n) is 2.89. The number of H-pyrrole nitrogens is 1. The molecule has 3 aromatic rings. The van der Waals surface area contributed by atoms with Gasteiger partial charge in [0.1, 0.15) is 0 Å². The highest BCUT2D eigenvalue weighted by Gasteiger charge is 2.10. The van der Waals surface area contributed by atoms with Gasteiger partial charge in [0, 0.05) is 0 Å². The molecule has 0 fully saturated rings. The topological polar surface area (TPSA) is 68.3 Å². The molecule has 3 rings (SSSR count). The van der Waals surface area contributed by atoms with E-state index in [1.807, 2.05) is 0 Å². The normalized spacial score (nSPS) is 11.2. The summed E-state index contributed by atoms with van der Waals surface area (Å²) in [6.45, 7) is 0. The predicted octanol–water partition coefficient (Wildman–Crippen LogP) is 3.23. The molecule has 0 unspecified atom stereocenters. The Kier molecular flexibility index (Phi) is 3.84. The minimum Gasteiger partial charge on any atom is -0.494 e. The first-order valence-corrected chi connectivity index (χ1v) is 6.69. The summed E-state index contributed by atoms with van der Waals surface area (Å²) < 4.78 is 25.5. The van der Waals surface area contributed by atoms with E-state index in [1.165, 1.54) is 36.4 Å². The Bertz CT molecular complexity index is 867. The summed E-state index contributed by atoms with van der Waals surface area (Å²) in [4.78, 5) is 0. The molecule has 0 aliphatic heterocycles. The summed E-state index contributed by atoms with van der Waals surface area (Å²) in [7, 11) is 1.41. The molecule has 0 bridgehead atoms. The highest BCUT2D eigenvalue weighted by atomic mass is 32.1. The zero-order chi connectivity index (χ0) is 15.5. The fourth-order valence-electron chi connectivity index (χ4n) is 1.85. The molecular formula is C14H11FN4O2S. The van der Waals surface area contributed by atoms with Crippen LogP contribution in [0.25, 0.3) is 11.6 Å². The summed E-state index contributed by atoms with van der Waals surface area (Å²) in [5, 5.41) is 10.9. The molecule has 2 aromatic heterocycles. The quantitative estimate of drug-likeness (QED) is 0.592. The van der Waals surface area contributed by atoms with Crippen LogP contribution in [0, 0.1) is 10.6 Å². The number of nitrogens with zero attached hydrogens (tertiary/aromatic N) is 3. The minimum absolute atomic E-state index is 0.174. The Labute approximate surface area is 129 Å². The summed E-state index contributed by atoms with van der Waals surface area (Å²) in [5.74, 6) is 0.660. The van der Waals surface area contributed by atoms with Gasteiger partial charge in [0.15, 0.2) is 17.3 Å². The average molecular weight is 318 g/mol. The molecule has 6 nitrogen and oxygen atoms in total. The van der Waals surface area contributed by atoms with E-state index in [9.17, 15) is 4.39 Å². The maximum Gasteiger partial charge on any atom is 0.219 e. The lowest BCUT2D eigenvalue weighted by atomic mass is 10.2. The van der Waals surface area contributed by atoms with Crippen LogP contribution < -0.4 is 4.74 Å². The molecule has 0 atom stereocenters. The van der Waals surface area contributed by atoms with E-state index in [4.69, 9.17) is 21.4 Å². The number of aromatic amines is 1. The van der Waals surface area contributed by atoms with Crippen molar-refractivity contribution in [2.24, 2.45) is 5.10 Å². The molecular weight excluding hydrogens is 307 g/mol. The van der Waals surface area contributed by atoms with Gasteiger partial charge in [-0.15, -0.1) is 5.10 Å². The second kappa shape index (κ2) is 5.94. The predicted molar refractivity (Wildman–Crippen MR) is 81.1 cm³/mol. The van der Waals surface area contributed by atoms with E-state index < -0.39 is 5.82 Å². The number of hydrogen-bond donors (Lipinski definition) is 1. The van der Waals surface area contributed by atoms with Crippen LogP contribution in [0.4, 0.5) is 4.39 Å². The van der Waals surface area contributed by atoms with Gasteiger partial charge in [0.25, 0.3) is 0 Å². The summed E-state index contributed by atoms with van der Waals surface area (Å²) >= 11 is 5.12. The first-order valence-electron chi connectivity index (χ1n) is 6.28. The van der Waals surface area contributed by atoms with E-state index in [0.717, 1.165) is 0 Å². The molecule has 0 aliphatic carbocycles. The highest BCUT2D eigenvalue weighted by molar-refractivity contribution is 7.71. The average Bonchev–Trinajstić information content (AvgIpc) is 3.15. The van der Waals surface area contributed by atoms with E-state index in [2.05, 4.69) is 15.3 Å². The van der Waals surface area contributed by atoms with Gasteiger partial charge in [0.2, 0.25) is 10.6 Å². The smallest absolute Gasteiger partial charge is 0.219 e. The molecule has 22 heavy (non-hydrogen) atoms. The first-order chi connectivity index (χ1) is 10.7. The molecule has 1 N–H and O–H groups in total. The van der Waals surface area contributed by atoms with Crippen molar-refractivity contribution < 1.29 is 13.5 Å². The lowest BCUT2D eigenvalue weighted by Gasteiger charge is -2.02. The third-order valence-corrected chi connectivity index (χ3v) is 3.15. The molecule has 1 aromatic carbocycles. The number of benzene rings is 1. The molecule has 0 spiro atoms. The number of furan rings is 1. The monoisotopic (exact) mass is 318 g/mol. The van der Waals surface area contributed by atoms with Gasteiger partial charge in [-0.1, -0.05) is 0 Å². The number of hydrogen-bond acceptors (Lipinski definition) is 5. The van der Waals surface area contributed by atoms with Gasteiger partial charge in [-0.25, -0.2) is 9.49 Å². The van der Waals surface area contributed by atoms with Crippen LogP contribution >= 0.6 is 12.2 Å². The van der Waals surface area contributed by atoms with Crippen LogP contribution in [0.2, 0.25) is 0 Å². The Balaban J connectivity index is 1.95. The third kappa shape index (κ3) is 2.68. The van der Waals surface area contributed by atoms with Crippen molar-refractivity contribution in [1.29, 1.82) is 0 Å². The molecule has 8 heteroatoms. The molecule has 0 aliphatic rings. The van der Waals surface area contributed by atoms with Crippen LogP contribution in [-0.2, 0) is 0 Å². The van der Waals surface area contributed by atoms with Gasteiger partial charge in [-0.2, -0.15) is 9.78 Å². The Morgan fingerprint density at radius 1 is 1.45 bits per heavy atom. The van der Waals surface area contributed by atoms with E-state index in [1.54, 1.807) is 18.2 Å². The molecule has 2 heterocycles. The van der Waals surface area contributed by atoms with E-state index >= 15 is 0 Å². The number of ether oxygens (including phenoxy) is 1. The summed E-state index contributed by atoms with van der Waals surface area (Å²) in [6.07, 6.45) is 3.00. The number of nitrogens with one attached hydrogen (secondary N) is 1. The lowest BCUT2D eigenvalue weighted by Crippen LogP contribution is -1.95. The fraction of sp³-hybridized carbons (Fsp3) is 0.0714. The van der Waals surface area contributed by atoms with Crippen LogP contribution in [-0.4, -0.2) is 28.2 Å². The maximum absolute atomic E-state index is 13.7. The fourth-order valence-corrected chi connectivity index (χ4v) is 2.03. The van der Waals surface area contributed by atoms with Crippen molar-refractivity contribution >= 4 is 18.4 Å². The van der Waals surface area contributed by atoms with Gasteiger partial charge < -0.3 is 9.15 Å². The van der Waals surface area contributed by atoms with Gasteiger partial charge >= 0.3 is 0 Å². The second-order valence-electron chi connectivity index (χ2n) is 4.28. The van der Waals surface area contributed by atoms with Crippen molar-refractivity contribution in [3.63, 3.8) is 0 Å². The number of aromatic nitrogens is 3. The van der Waals surface area contributed by atoms with Crippen LogP contribution in [0.1, 0.15) is 5.56 Å². The zero-order valence-corrected chi connectivity index (χ0v) is 12.3. The Morgan fingerprint density at radius 3 is 3.00 bits per heavy atom. The molecule has 0 amide bonds. The molecule has 0 saturated carbocycles. The van der Waals surface area contributed by atoms with Gasteiger partial charge in [-0.3, -0.25) is 0 Å². The lowest BCUT2D eigenvalue weighted by molar-refractivity contribution is 0.386. The van der Waals surface area contributed by atoms with Gasteiger partial charge in [-0.05, 0) is 48.1 Å². The standard InChI is InChI=1S/C14H11FN4O2S/c1-20-11-5-4-9(7-10(11)15)8-16-19-13(17-18-14(19)22)12-3-2-6-21-12/h2-8H,1H3,(H,18,22)/b16-8-. The maximum atomic E-state index is 13.7. The van der Waals surface area contributed by atoms with Crippen molar-refractivity contribution in [3.05, 3.63) is 52.7 Å². The summed E-state index contributed by atoms with van der Waals surface area (Å²) in [6, 6.07) is 8.00. The molecule has 112 valence electrons. The zero-order valence-electron chi connectivity index (χ0n) is 11.5. The first kappa shape index (κ1) is 14.2. The SMILES string of the molecule is COc1ccc(/C=N\n2c(-c3ccco3)n[nH]c2=S)cc1F. The van der Waals surface area contributed by atoms with Crippen molar-refractivity contribution in [3.8, 4) is 17.3 Å². The molecule has 0 saturated heterocycles. The van der Waals surface area contributed by atoms with Gasteiger partial charge in [0.05, 0.1) is 19.6 Å². The van der Waals surface area contributed by atoms with E-state index in [-0.39, 0.29) is 5.75 Å². The second-order valence-corrected chi connectivity index (χ2v) is 4.67. The van der Waals surface area contributed by atoms with E-state index in [0.29, 0.717) is 21.9 Å². The van der Waals surface area contributed by atoms with Crippen molar-refractivity contribution in [1.82, 2.24) is 14.9 Å². The number of halogens is 1. The minimum atomic E-state index is -0.464.